The number of nitrogen functional groups attached to an aromatic ring is 1. The summed E-state index contributed by atoms with van der Waals surface area (Å²) in [5.41, 5.74) is 8.72. The van der Waals surface area contributed by atoms with E-state index in [1.165, 1.54) is 12.1 Å². The number of carboxylic acids is 1. The number of aliphatic carboxylic acids is 1. The number of likely N-dealkylation sites (N-methyl/N-ethyl adjacent to an activating group) is 1. The lowest BCUT2D eigenvalue weighted by molar-refractivity contribution is -0.137. The SMILES string of the molecule is CN(C)CC(=O)O.Cc1ncc(COc2cc(F)cc(Oc3ccc(-c4nc(C5CCOCC5)n5ccnc(N)c45)cc3)c2)s1. The third-order valence-corrected chi connectivity index (χ3v) is 7.79. The van der Waals surface area contributed by atoms with E-state index in [-0.39, 0.29) is 6.54 Å². The lowest BCUT2D eigenvalue weighted by atomic mass is 10.00. The van der Waals surface area contributed by atoms with Crippen LogP contribution < -0.4 is 15.2 Å². The number of aryl methyl sites for hydroxylation is 1. The van der Waals surface area contributed by atoms with E-state index in [0.29, 0.717) is 35.6 Å². The van der Waals surface area contributed by atoms with E-state index in [2.05, 4.69) is 9.97 Å². The Morgan fingerprint density at radius 3 is 2.51 bits per heavy atom. The average Bonchev–Trinajstić information content (AvgIpc) is 3.61. The zero-order chi connectivity index (χ0) is 31.9. The van der Waals surface area contributed by atoms with Gasteiger partial charge in [-0.2, -0.15) is 0 Å². The Kier molecular flexibility index (Phi) is 10.2. The van der Waals surface area contributed by atoms with Crippen molar-refractivity contribution in [2.45, 2.75) is 32.3 Å². The van der Waals surface area contributed by atoms with Crippen molar-refractivity contribution in [2.24, 2.45) is 0 Å². The van der Waals surface area contributed by atoms with Crippen LogP contribution in [0.2, 0.25) is 0 Å². The molecule has 1 aliphatic rings. The fourth-order valence-corrected chi connectivity index (χ4v) is 5.63. The molecule has 6 rings (SSSR count). The number of thiazole rings is 1. The molecule has 0 bridgehead atoms. The van der Waals surface area contributed by atoms with Gasteiger partial charge < -0.3 is 25.1 Å². The summed E-state index contributed by atoms with van der Waals surface area (Å²) < 4.78 is 33.6. The van der Waals surface area contributed by atoms with Crippen molar-refractivity contribution in [1.82, 2.24) is 24.3 Å². The molecule has 4 heterocycles. The molecule has 1 fully saturated rings. The summed E-state index contributed by atoms with van der Waals surface area (Å²) in [5.74, 6) is 1.74. The van der Waals surface area contributed by atoms with Gasteiger partial charge in [-0.15, -0.1) is 11.3 Å². The van der Waals surface area contributed by atoms with Crippen molar-refractivity contribution in [3.63, 3.8) is 0 Å². The van der Waals surface area contributed by atoms with Gasteiger partial charge in [-0.25, -0.2) is 19.3 Å². The predicted molar refractivity (Wildman–Crippen MR) is 169 cm³/mol. The smallest absolute Gasteiger partial charge is 0.317 e. The van der Waals surface area contributed by atoms with Crippen LogP contribution in [-0.2, 0) is 16.1 Å². The summed E-state index contributed by atoms with van der Waals surface area (Å²) in [6, 6.07) is 11.8. The second kappa shape index (κ2) is 14.5. The number of halogens is 1. The van der Waals surface area contributed by atoms with E-state index >= 15 is 0 Å². The molecule has 0 aliphatic carbocycles. The Balaban J connectivity index is 0.000000515. The number of aromatic nitrogens is 4. The first-order chi connectivity index (χ1) is 21.7. The van der Waals surface area contributed by atoms with Gasteiger partial charge in [0, 0.05) is 61.5 Å². The van der Waals surface area contributed by atoms with Crippen LogP contribution in [-0.4, -0.2) is 69.2 Å². The maximum absolute atomic E-state index is 14.3. The molecule has 3 N–H and O–H groups in total. The molecule has 11 nitrogen and oxygen atoms in total. The molecule has 0 saturated carbocycles. The van der Waals surface area contributed by atoms with Gasteiger partial charge in [0.15, 0.2) is 0 Å². The number of hydrogen-bond donors (Lipinski definition) is 2. The van der Waals surface area contributed by atoms with E-state index in [4.69, 9.17) is 30.0 Å². The Hall–Kier alpha value is -4.59. The molecule has 236 valence electrons. The molecule has 1 aliphatic heterocycles. The third-order valence-electron chi connectivity index (χ3n) is 6.91. The summed E-state index contributed by atoms with van der Waals surface area (Å²) in [6.45, 7) is 3.80. The number of nitrogens with zero attached hydrogens (tertiary/aromatic N) is 5. The number of hydrogen-bond acceptors (Lipinski definition) is 10. The minimum absolute atomic E-state index is 0.111. The quantitative estimate of drug-likeness (QED) is 0.205. The first kappa shape index (κ1) is 31.8. The minimum Gasteiger partial charge on any atom is -0.488 e. The Bertz CT molecular complexity index is 1750. The highest BCUT2D eigenvalue weighted by atomic mass is 32.1. The normalized spacial score (nSPS) is 13.4. The fraction of sp³-hybridized carbons (Fsp3) is 0.312. The van der Waals surface area contributed by atoms with Crippen molar-refractivity contribution in [1.29, 1.82) is 0 Å². The zero-order valence-corrected chi connectivity index (χ0v) is 26.1. The Morgan fingerprint density at radius 2 is 1.87 bits per heavy atom. The molecular weight excluding hydrogens is 599 g/mol. The summed E-state index contributed by atoms with van der Waals surface area (Å²) in [6.07, 6.45) is 7.19. The first-order valence-corrected chi connectivity index (χ1v) is 15.2. The third kappa shape index (κ3) is 8.32. The molecule has 45 heavy (non-hydrogen) atoms. The minimum atomic E-state index is -0.787. The zero-order valence-electron chi connectivity index (χ0n) is 25.3. The summed E-state index contributed by atoms with van der Waals surface area (Å²) in [5, 5.41) is 9.00. The van der Waals surface area contributed by atoms with Crippen LogP contribution in [0, 0.1) is 12.7 Å². The molecule has 0 unspecified atom stereocenters. The molecule has 0 atom stereocenters. The maximum Gasteiger partial charge on any atom is 0.317 e. The number of ether oxygens (including phenoxy) is 3. The van der Waals surface area contributed by atoms with Crippen LogP contribution in [0.1, 0.15) is 34.5 Å². The van der Waals surface area contributed by atoms with E-state index in [1.54, 1.807) is 48.8 Å². The second-order valence-electron chi connectivity index (χ2n) is 10.8. The largest absolute Gasteiger partial charge is 0.488 e. The summed E-state index contributed by atoms with van der Waals surface area (Å²) in [4.78, 5) is 25.8. The van der Waals surface area contributed by atoms with E-state index in [1.807, 2.05) is 41.8 Å². The predicted octanol–water partition coefficient (Wildman–Crippen LogP) is 5.78. The molecular formula is C32H35FN6O5S. The molecule has 0 spiro atoms. The number of fused-ring (bicyclic) bond motifs is 1. The molecule has 2 aromatic carbocycles. The van der Waals surface area contributed by atoms with Crippen LogP contribution in [0.15, 0.2) is 61.1 Å². The fourth-order valence-electron chi connectivity index (χ4n) is 4.93. The monoisotopic (exact) mass is 634 g/mol. The average molecular weight is 635 g/mol. The molecule has 5 aromatic rings. The number of rotatable bonds is 9. The highest BCUT2D eigenvalue weighted by Crippen LogP contribution is 2.35. The number of benzene rings is 2. The van der Waals surface area contributed by atoms with Gasteiger partial charge in [0.2, 0.25) is 0 Å². The molecule has 3 aromatic heterocycles. The van der Waals surface area contributed by atoms with Crippen molar-refractivity contribution < 1.29 is 28.5 Å². The van der Waals surface area contributed by atoms with E-state index in [0.717, 1.165) is 58.5 Å². The maximum atomic E-state index is 14.3. The van der Waals surface area contributed by atoms with Crippen molar-refractivity contribution >= 4 is 28.6 Å². The van der Waals surface area contributed by atoms with Crippen molar-refractivity contribution in [2.75, 3.05) is 39.6 Å². The lowest BCUT2D eigenvalue weighted by Crippen LogP contribution is -2.20. The summed E-state index contributed by atoms with van der Waals surface area (Å²) in [7, 11) is 3.43. The van der Waals surface area contributed by atoms with Crippen molar-refractivity contribution in [3.8, 4) is 28.5 Å². The van der Waals surface area contributed by atoms with E-state index in [9.17, 15) is 9.18 Å². The van der Waals surface area contributed by atoms with Crippen molar-refractivity contribution in [3.05, 3.63) is 82.6 Å². The standard InChI is InChI=1S/C28H26FN5O3S.C4H9NO2/c1-17-32-15-24(38-17)16-36-22-12-20(29)13-23(14-22)37-21-4-2-18(3-5-21)25-26-27(30)31-8-9-34(26)28(33-25)19-6-10-35-11-7-19;1-5(2)3-4(6)7/h2-5,8-9,12-15,19H,6-7,10-11,16H2,1H3,(H2,30,31);3H2,1-2H3,(H,6,7). The first-order valence-electron chi connectivity index (χ1n) is 14.4. The molecule has 0 radical (unpaired) electrons. The van der Waals surface area contributed by atoms with Crippen LogP contribution >= 0.6 is 11.3 Å². The van der Waals surface area contributed by atoms with Crippen LogP contribution in [0.5, 0.6) is 17.2 Å². The Morgan fingerprint density at radius 1 is 1.13 bits per heavy atom. The number of imidazole rings is 1. The van der Waals surface area contributed by atoms with Crippen LogP contribution in [0.3, 0.4) is 0 Å². The topological polar surface area (TPSA) is 137 Å². The number of carboxylic acid groups (broad SMARTS) is 1. The molecule has 13 heteroatoms. The van der Waals surface area contributed by atoms with Crippen LogP contribution in [0.4, 0.5) is 10.2 Å². The lowest BCUT2D eigenvalue weighted by Gasteiger charge is -2.20. The number of anilines is 1. The molecule has 0 amide bonds. The highest BCUT2D eigenvalue weighted by molar-refractivity contribution is 7.11. The van der Waals surface area contributed by atoms with Gasteiger partial charge in [0.1, 0.15) is 52.5 Å². The Labute approximate surface area is 264 Å². The van der Waals surface area contributed by atoms with E-state index < -0.39 is 11.8 Å². The van der Waals surface area contributed by atoms with Gasteiger partial charge in [0.25, 0.3) is 0 Å². The van der Waals surface area contributed by atoms with Gasteiger partial charge in [0.05, 0.1) is 16.4 Å². The van der Waals surface area contributed by atoms with Gasteiger partial charge in [-0.1, -0.05) is 0 Å². The molecule has 1 saturated heterocycles. The number of carbonyl (C=O) groups is 1. The van der Waals surface area contributed by atoms with Gasteiger partial charge >= 0.3 is 5.97 Å². The summed E-state index contributed by atoms with van der Waals surface area (Å²) >= 11 is 1.54. The van der Waals surface area contributed by atoms with Crippen LogP contribution in [0.25, 0.3) is 16.8 Å². The highest BCUT2D eigenvalue weighted by Gasteiger charge is 2.24. The second-order valence-corrected chi connectivity index (χ2v) is 12.1. The van der Waals surface area contributed by atoms with Gasteiger partial charge in [-0.05, 0) is 58.1 Å². The van der Waals surface area contributed by atoms with Gasteiger partial charge in [-0.3, -0.25) is 14.1 Å². The number of nitrogens with two attached hydrogens (primary N) is 1.